The summed E-state index contributed by atoms with van der Waals surface area (Å²) in [6.07, 6.45) is 2.93. The Morgan fingerprint density at radius 2 is 0.930 bits per heavy atom. The minimum Gasteiger partial charge on any atom is -0.398 e. The van der Waals surface area contributed by atoms with Crippen LogP contribution in [-0.4, -0.2) is 23.3 Å². The van der Waals surface area contributed by atoms with Crippen molar-refractivity contribution in [3.05, 3.63) is 191 Å². The quantitative estimate of drug-likeness (QED) is 0.134. The zero-order chi connectivity index (χ0) is 39.1. The van der Waals surface area contributed by atoms with Crippen molar-refractivity contribution in [3.8, 4) is 33.4 Å². The molecule has 11 rings (SSSR count). The van der Waals surface area contributed by atoms with E-state index in [1.54, 1.807) is 0 Å². The molecule has 8 aromatic rings. The Kier molecular flexibility index (Phi) is 8.20. The molecule has 0 bridgehead atoms. The van der Waals surface area contributed by atoms with Gasteiger partial charge in [-0.2, -0.15) is 0 Å². The molecular formula is C53H46BNO2. The van der Waals surface area contributed by atoms with Crippen LogP contribution < -0.4 is 5.59 Å². The van der Waals surface area contributed by atoms with Crippen LogP contribution in [-0.2, 0) is 21.1 Å². The van der Waals surface area contributed by atoms with Crippen LogP contribution in [0.5, 0.6) is 0 Å². The molecule has 2 heterocycles. The van der Waals surface area contributed by atoms with E-state index < -0.39 is 23.7 Å². The highest BCUT2D eigenvalue weighted by Crippen LogP contribution is 2.60. The van der Waals surface area contributed by atoms with Crippen LogP contribution in [0.4, 0.5) is 0 Å². The predicted molar refractivity (Wildman–Crippen MR) is 237 cm³/mol. The lowest BCUT2D eigenvalue weighted by molar-refractivity contribution is 0.00578. The number of hydrogen-bond acceptors (Lipinski definition) is 3. The zero-order valence-corrected chi connectivity index (χ0v) is 33.6. The monoisotopic (exact) mass is 739 g/mol. The molecular weight excluding hydrogens is 693 g/mol. The van der Waals surface area contributed by atoms with Gasteiger partial charge in [-0.15, -0.1) is 0 Å². The SMILES string of the molecule is CC.CC1(C)OB(c2ccc(-c3c4ccccc4c(-c4ccc5c(c4)C4(c6ccccc6Cc6ccccc64)c4ccccc4-5)c4ccccc34)cn2)OC1(C)C. The minimum absolute atomic E-state index is 0.413. The van der Waals surface area contributed by atoms with Gasteiger partial charge in [0.2, 0.25) is 0 Å². The highest BCUT2D eigenvalue weighted by Gasteiger charge is 2.52. The van der Waals surface area contributed by atoms with Gasteiger partial charge in [0.05, 0.1) is 22.2 Å². The van der Waals surface area contributed by atoms with E-state index in [1.165, 1.54) is 82.7 Å². The molecule has 3 aliphatic rings. The molecule has 1 aliphatic heterocycles. The number of hydrogen-bond donors (Lipinski definition) is 0. The molecule has 4 heteroatoms. The summed E-state index contributed by atoms with van der Waals surface area (Å²) in [5, 5.41) is 4.85. The molecule has 7 aromatic carbocycles. The normalized spacial score (nSPS) is 16.4. The number of rotatable bonds is 3. The molecule has 1 saturated heterocycles. The van der Waals surface area contributed by atoms with E-state index in [2.05, 4.69) is 179 Å². The maximum atomic E-state index is 6.35. The lowest BCUT2D eigenvalue weighted by Gasteiger charge is -2.40. The second kappa shape index (κ2) is 13.1. The van der Waals surface area contributed by atoms with E-state index in [1.807, 2.05) is 20.0 Å². The molecule has 278 valence electrons. The Bertz CT molecular complexity index is 2750. The summed E-state index contributed by atoms with van der Waals surface area (Å²) < 4.78 is 12.7. The Hall–Kier alpha value is -5.81. The Morgan fingerprint density at radius 1 is 0.474 bits per heavy atom. The van der Waals surface area contributed by atoms with E-state index in [-0.39, 0.29) is 0 Å². The minimum atomic E-state index is -0.507. The Morgan fingerprint density at radius 3 is 1.47 bits per heavy atom. The van der Waals surface area contributed by atoms with Crippen LogP contribution in [0, 0.1) is 0 Å². The largest absolute Gasteiger partial charge is 0.514 e. The third-order valence-electron chi connectivity index (χ3n) is 13.1. The van der Waals surface area contributed by atoms with Gasteiger partial charge in [0, 0.05) is 11.8 Å². The summed E-state index contributed by atoms with van der Waals surface area (Å²) in [6.45, 7) is 12.3. The van der Waals surface area contributed by atoms with E-state index in [9.17, 15) is 0 Å². The number of aromatic nitrogens is 1. The first-order valence-corrected chi connectivity index (χ1v) is 20.4. The summed E-state index contributed by atoms with van der Waals surface area (Å²) in [5.74, 6) is 0. The van der Waals surface area contributed by atoms with Crippen molar-refractivity contribution < 1.29 is 9.31 Å². The molecule has 3 nitrogen and oxygen atoms in total. The maximum Gasteiger partial charge on any atom is 0.514 e. The molecule has 2 aliphatic carbocycles. The van der Waals surface area contributed by atoms with E-state index in [4.69, 9.17) is 14.3 Å². The van der Waals surface area contributed by atoms with Crippen molar-refractivity contribution in [1.29, 1.82) is 0 Å². The second-order valence-electron chi connectivity index (χ2n) is 16.4. The van der Waals surface area contributed by atoms with E-state index >= 15 is 0 Å². The predicted octanol–water partition coefficient (Wildman–Crippen LogP) is 12.3. The van der Waals surface area contributed by atoms with E-state index in [0.29, 0.717) is 0 Å². The van der Waals surface area contributed by atoms with Crippen LogP contribution in [0.15, 0.2) is 158 Å². The van der Waals surface area contributed by atoms with Crippen LogP contribution in [0.2, 0.25) is 0 Å². The van der Waals surface area contributed by atoms with Crippen molar-refractivity contribution in [1.82, 2.24) is 4.98 Å². The molecule has 1 aromatic heterocycles. The van der Waals surface area contributed by atoms with Gasteiger partial charge in [-0.1, -0.05) is 153 Å². The summed E-state index contributed by atoms with van der Waals surface area (Å²) in [7, 11) is -0.507. The van der Waals surface area contributed by atoms with Gasteiger partial charge in [-0.25, -0.2) is 0 Å². The van der Waals surface area contributed by atoms with Crippen LogP contribution >= 0.6 is 0 Å². The Balaban J connectivity index is 0.00000195. The van der Waals surface area contributed by atoms with Gasteiger partial charge in [-0.3, -0.25) is 4.98 Å². The second-order valence-corrected chi connectivity index (χ2v) is 16.4. The summed E-state index contributed by atoms with van der Waals surface area (Å²) >= 11 is 0. The third kappa shape index (κ3) is 5.10. The van der Waals surface area contributed by atoms with Gasteiger partial charge in [-0.05, 0) is 129 Å². The highest BCUT2D eigenvalue weighted by molar-refractivity contribution is 6.61. The molecule has 0 amide bonds. The van der Waals surface area contributed by atoms with E-state index in [0.717, 1.165) is 17.6 Å². The number of fused-ring (bicyclic) bond motifs is 11. The maximum absolute atomic E-state index is 6.35. The first kappa shape index (κ1) is 35.6. The molecule has 57 heavy (non-hydrogen) atoms. The lowest BCUT2D eigenvalue weighted by Crippen LogP contribution is -2.41. The lowest BCUT2D eigenvalue weighted by atomic mass is 9.61. The summed E-state index contributed by atoms with van der Waals surface area (Å²) in [6, 6.07) is 56.5. The average Bonchev–Trinajstić information content (AvgIpc) is 3.66. The zero-order valence-electron chi connectivity index (χ0n) is 33.6. The van der Waals surface area contributed by atoms with Crippen molar-refractivity contribution in [2.75, 3.05) is 0 Å². The topological polar surface area (TPSA) is 31.4 Å². The smallest absolute Gasteiger partial charge is 0.398 e. The van der Waals surface area contributed by atoms with Gasteiger partial charge in [0.1, 0.15) is 0 Å². The molecule has 1 fully saturated rings. The molecule has 0 radical (unpaired) electrons. The molecule has 0 unspecified atom stereocenters. The van der Waals surface area contributed by atoms with Crippen molar-refractivity contribution in [2.24, 2.45) is 0 Å². The van der Waals surface area contributed by atoms with Gasteiger partial charge in [0.25, 0.3) is 0 Å². The number of pyridine rings is 1. The van der Waals surface area contributed by atoms with Gasteiger partial charge >= 0.3 is 7.12 Å². The van der Waals surface area contributed by atoms with Crippen LogP contribution in [0.1, 0.15) is 74.9 Å². The highest BCUT2D eigenvalue weighted by atomic mass is 16.7. The Labute approximate surface area is 336 Å². The molecule has 0 saturated carbocycles. The van der Waals surface area contributed by atoms with Gasteiger partial charge in [0.15, 0.2) is 0 Å². The first-order valence-electron chi connectivity index (χ1n) is 20.4. The van der Waals surface area contributed by atoms with Crippen molar-refractivity contribution in [3.63, 3.8) is 0 Å². The third-order valence-corrected chi connectivity index (χ3v) is 13.1. The molecule has 0 atom stereocenters. The fourth-order valence-electron chi connectivity index (χ4n) is 9.85. The van der Waals surface area contributed by atoms with Crippen LogP contribution in [0.3, 0.4) is 0 Å². The summed E-state index contributed by atoms with van der Waals surface area (Å²) in [4.78, 5) is 4.96. The first-order chi connectivity index (χ1) is 27.8. The van der Waals surface area contributed by atoms with Crippen molar-refractivity contribution in [2.45, 2.75) is 64.6 Å². The average molecular weight is 740 g/mol. The van der Waals surface area contributed by atoms with Crippen LogP contribution in [0.25, 0.3) is 54.9 Å². The van der Waals surface area contributed by atoms with Crippen molar-refractivity contribution >= 4 is 34.3 Å². The summed E-state index contributed by atoms with van der Waals surface area (Å²) in [5.41, 5.74) is 15.2. The standard InChI is InChI=1S/C51H40BNO2.C2H6/c1-49(2)50(3,4)55-52(54-49)46-28-26-35(31-53-46)48-40-20-9-7-18-38(40)47(39-19-8-10-21-41(39)48)34-25-27-37-36-17-11-14-24-44(36)51(45(37)30-34)42-22-12-5-15-32(42)29-33-16-6-13-23-43(33)51;1-2/h5-28,30-31H,29H2,1-4H3;1-2H3. The molecule has 0 N–H and O–H groups in total. The number of benzene rings is 7. The molecule has 1 spiro atoms. The fraction of sp³-hybridized carbons (Fsp3) is 0.189. The fourth-order valence-corrected chi connectivity index (χ4v) is 9.85. The number of nitrogens with zero attached hydrogens (tertiary/aromatic N) is 1. The van der Waals surface area contributed by atoms with Gasteiger partial charge < -0.3 is 9.31 Å².